The van der Waals surface area contributed by atoms with Gasteiger partial charge in [0.2, 0.25) is 0 Å². The summed E-state index contributed by atoms with van der Waals surface area (Å²) in [5.41, 5.74) is 1.22. The monoisotopic (exact) mass is 204 g/mol. The molecule has 1 nitrogen and oxygen atoms in total. The van der Waals surface area contributed by atoms with E-state index in [9.17, 15) is 4.21 Å². The van der Waals surface area contributed by atoms with Crippen LogP contribution in [0.3, 0.4) is 0 Å². The molecule has 1 rings (SSSR count). The lowest BCUT2D eigenvalue weighted by atomic mass is 10.3. The average Bonchev–Trinajstić information content (AvgIpc) is 1.96. The highest BCUT2D eigenvalue weighted by atomic mass is 32.2. The van der Waals surface area contributed by atoms with E-state index in [1.54, 1.807) is 11.8 Å². The molecule has 1 aliphatic heterocycles. The van der Waals surface area contributed by atoms with Crippen LogP contribution in [0.25, 0.3) is 0 Å². The summed E-state index contributed by atoms with van der Waals surface area (Å²) in [6, 6.07) is 0. The Kier molecular flexibility index (Phi) is 3.41. The van der Waals surface area contributed by atoms with Crippen molar-refractivity contribution in [3.63, 3.8) is 0 Å². The standard InChI is InChI=1S/C9H16OS2/c1-6(2)9-11-7(3)5-8(4)12(9)10/h7-8H,5H2,1-4H3/t7-,8+,12+/m0/s1. The smallest absolute Gasteiger partial charge is 0.0707 e. The van der Waals surface area contributed by atoms with Crippen LogP contribution in [-0.4, -0.2) is 14.7 Å². The number of hydrogen-bond donors (Lipinski definition) is 0. The Morgan fingerprint density at radius 2 is 2.08 bits per heavy atom. The SMILES string of the molecule is CC(C)=C1S[C@@H](C)C[C@@H](C)[S@]1=O. The van der Waals surface area contributed by atoms with Crippen LogP contribution in [0.1, 0.15) is 34.1 Å². The van der Waals surface area contributed by atoms with Gasteiger partial charge in [-0.25, -0.2) is 0 Å². The van der Waals surface area contributed by atoms with E-state index in [2.05, 4.69) is 13.8 Å². The first-order chi connectivity index (χ1) is 5.52. The summed E-state index contributed by atoms with van der Waals surface area (Å²) in [4.78, 5) is 0. The Labute approximate surface area is 81.5 Å². The van der Waals surface area contributed by atoms with Gasteiger partial charge in [-0.2, -0.15) is 0 Å². The lowest BCUT2D eigenvalue weighted by Gasteiger charge is -2.26. The van der Waals surface area contributed by atoms with E-state index in [0.717, 1.165) is 10.7 Å². The van der Waals surface area contributed by atoms with Gasteiger partial charge in [0.25, 0.3) is 0 Å². The summed E-state index contributed by atoms with van der Waals surface area (Å²) in [5.74, 6) is 0. The van der Waals surface area contributed by atoms with Crippen molar-refractivity contribution in [1.82, 2.24) is 0 Å². The molecule has 0 unspecified atom stereocenters. The molecule has 0 spiro atoms. The van der Waals surface area contributed by atoms with Gasteiger partial charge in [-0.3, -0.25) is 4.21 Å². The van der Waals surface area contributed by atoms with Crippen molar-refractivity contribution >= 4 is 22.6 Å². The fraction of sp³-hybridized carbons (Fsp3) is 0.778. The van der Waals surface area contributed by atoms with Crippen molar-refractivity contribution in [3.8, 4) is 0 Å². The first-order valence-electron chi connectivity index (χ1n) is 4.27. The third-order valence-corrected chi connectivity index (χ3v) is 5.62. The fourth-order valence-electron chi connectivity index (χ4n) is 1.33. The van der Waals surface area contributed by atoms with Gasteiger partial charge in [-0.05, 0) is 20.3 Å². The topological polar surface area (TPSA) is 17.1 Å². The number of rotatable bonds is 0. The molecule has 0 bridgehead atoms. The van der Waals surface area contributed by atoms with Crippen molar-refractivity contribution in [2.45, 2.75) is 44.6 Å². The highest BCUT2D eigenvalue weighted by Crippen LogP contribution is 2.37. The Morgan fingerprint density at radius 1 is 1.50 bits per heavy atom. The molecule has 1 fully saturated rings. The fourth-order valence-corrected chi connectivity index (χ4v) is 5.04. The zero-order chi connectivity index (χ0) is 9.30. The molecule has 1 heterocycles. The Morgan fingerprint density at radius 3 is 2.58 bits per heavy atom. The van der Waals surface area contributed by atoms with Crippen molar-refractivity contribution < 1.29 is 4.21 Å². The number of allylic oxidation sites excluding steroid dienone is 1. The van der Waals surface area contributed by atoms with Crippen LogP contribution >= 0.6 is 11.8 Å². The summed E-state index contributed by atoms with van der Waals surface area (Å²) in [6.45, 7) is 8.38. The molecule has 0 N–H and O–H groups in total. The molecule has 1 saturated heterocycles. The zero-order valence-corrected chi connectivity index (χ0v) is 9.72. The second kappa shape index (κ2) is 3.97. The first kappa shape index (κ1) is 10.3. The van der Waals surface area contributed by atoms with Crippen molar-refractivity contribution in [1.29, 1.82) is 0 Å². The summed E-state index contributed by atoms with van der Waals surface area (Å²) in [5, 5.41) is 0.966. The third kappa shape index (κ3) is 2.13. The lowest BCUT2D eigenvalue weighted by molar-refractivity contribution is 0.667. The Hall–Kier alpha value is 0.240. The maximum Gasteiger partial charge on any atom is 0.0707 e. The second-order valence-corrected chi connectivity index (χ2v) is 7.07. The van der Waals surface area contributed by atoms with Crippen molar-refractivity contribution in [2.24, 2.45) is 0 Å². The summed E-state index contributed by atoms with van der Waals surface area (Å²) >= 11 is 1.79. The van der Waals surface area contributed by atoms with Gasteiger partial charge in [0.1, 0.15) is 0 Å². The Balaban J connectivity index is 2.88. The summed E-state index contributed by atoms with van der Waals surface area (Å²) in [7, 11) is -0.731. The van der Waals surface area contributed by atoms with Gasteiger partial charge >= 0.3 is 0 Å². The zero-order valence-electron chi connectivity index (χ0n) is 8.09. The van der Waals surface area contributed by atoms with Crippen LogP contribution < -0.4 is 0 Å². The molecular formula is C9H16OS2. The molecule has 0 aromatic carbocycles. The largest absolute Gasteiger partial charge is 0.254 e. The van der Waals surface area contributed by atoms with Gasteiger partial charge < -0.3 is 0 Å². The minimum Gasteiger partial charge on any atom is -0.254 e. The minimum absolute atomic E-state index is 0.339. The quantitative estimate of drug-likeness (QED) is 0.603. The normalized spacial score (nSPS) is 36.7. The molecule has 12 heavy (non-hydrogen) atoms. The molecule has 1 aliphatic rings. The van der Waals surface area contributed by atoms with E-state index in [1.807, 2.05) is 13.8 Å². The maximum absolute atomic E-state index is 11.7. The third-order valence-electron chi connectivity index (χ3n) is 1.93. The highest BCUT2D eigenvalue weighted by molar-refractivity contribution is 8.17. The van der Waals surface area contributed by atoms with Gasteiger partial charge in [-0.15, -0.1) is 11.8 Å². The minimum atomic E-state index is -0.731. The molecule has 3 atom stereocenters. The van der Waals surface area contributed by atoms with Crippen LogP contribution in [0.2, 0.25) is 0 Å². The van der Waals surface area contributed by atoms with Crippen LogP contribution in [0.15, 0.2) is 9.81 Å². The first-order valence-corrected chi connectivity index (χ1v) is 6.36. The number of thioether (sulfide) groups is 1. The molecular weight excluding hydrogens is 188 g/mol. The summed E-state index contributed by atoms with van der Waals surface area (Å²) < 4.78 is 12.9. The molecule has 0 radical (unpaired) electrons. The van der Waals surface area contributed by atoms with E-state index in [0.29, 0.717) is 10.5 Å². The molecule has 0 saturated carbocycles. The van der Waals surface area contributed by atoms with Crippen LogP contribution in [0.5, 0.6) is 0 Å². The maximum atomic E-state index is 11.7. The van der Waals surface area contributed by atoms with Gasteiger partial charge in [0.05, 0.1) is 15.0 Å². The van der Waals surface area contributed by atoms with Gasteiger partial charge in [-0.1, -0.05) is 19.4 Å². The molecule has 0 aromatic rings. The van der Waals surface area contributed by atoms with E-state index < -0.39 is 10.8 Å². The molecule has 70 valence electrons. The van der Waals surface area contributed by atoms with E-state index in [4.69, 9.17) is 0 Å². The lowest BCUT2D eigenvalue weighted by Crippen LogP contribution is -2.22. The van der Waals surface area contributed by atoms with Gasteiger partial charge in [0, 0.05) is 10.5 Å². The average molecular weight is 204 g/mol. The van der Waals surface area contributed by atoms with E-state index in [1.165, 1.54) is 5.57 Å². The Bertz CT molecular complexity index is 229. The van der Waals surface area contributed by atoms with Crippen molar-refractivity contribution in [2.75, 3.05) is 0 Å². The predicted molar refractivity (Wildman–Crippen MR) is 57.6 cm³/mol. The van der Waals surface area contributed by atoms with Crippen molar-refractivity contribution in [3.05, 3.63) is 9.81 Å². The van der Waals surface area contributed by atoms with E-state index >= 15 is 0 Å². The van der Waals surface area contributed by atoms with Crippen LogP contribution in [0.4, 0.5) is 0 Å². The highest BCUT2D eigenvalue weighted by Gasteiger charge is 2.27. The molecule has 0 aromatic heterocycles. The molecule has 3 heteroatoms. The molecule has 0 amide bonds. The summed E-state index contributed by atoms with van der Waals surface area (Å²) in [6.07, 6.45) is 1.08. The van der Waals surface area contributed by atoms with E-state index in [-0.39, 0.29) is 0 Å². The number of hydrogen-bond acceptors (Lipinski definition) is 2. The predicted octanol–water partition coefficient (Wildman–Crippen LogP) is 2.90. The van der Waals surface area contributed by atoms with Gasteiger partial charge in [0.15, 0.2) is 0 Å². The van der Waals surface area contributed by atoms with Crippen LogP contribution in [-0.2, 0) is 10.8 Å². The van der Waals surface area contributed by atoms with Crippen LogP contribution in [0, 0.1) is 0 Å². The molecule has 0 aliphatic carbocycles. The second-order valence-electron chi connectivity index (χ2n) is 3.56.